The summed E-state index contributed by atoms with van der Waals surface area (Å²) in [4.78, 5) is 10.6. The van der Waals surface area contributed by atoms with E-state index in [1.165, 1.54) is 24.4 Å². The number of imidazole rings is 1. The number of phenols is 1. The van der Waals surface area contributed by atoms with Crippen LogP contribution < -0.4 is 0 Å². The van der Waals surface area contributed by atoms with Crippen LogP contribution in [0.15, 0.2) is 134 Å². The van der Waals surface area contributed by atoms with Gasteiger partial charge in [-0.05, 0) is 95.9 Å². The van der Waals surface area contributed by atoms with E-state index in [0.717, 1.165) is 77.7 Å². The van der Waals surface area contributed by atoms with Gasteiger partial charge in [-0.2, -0.15) is 11.3 Å². The van der Waals surface area contributed by atoms with E-state index in [2.05, 4.69) is 194 Å². The number of pyridine rings is 1. The van der Waals surface area contributed by atoms with E-state index >= 15 is 0 Å². The molecule has 0 bridgehead atoms. The van der Waals surface area contributed by atoms with Crippen LogP contribution in [0.25, 0.3) is 91.2 Å². The smallest absolute Gasteiger partial charge is 0.149 e. The monoisotopic (exact) mass is 1040 g/mol. The fourth-order valence-corrected chi connectivity index (χ4v) is 11.2. The molecule has 0 amide bonds. The molecule has 0 radical (unpaired) electrons. The summed E-state index contributed by atoms with van der Waals surface area (Å²) in [5.41, 5.74) is 12.8. The molecule has 10 aromatic rings. The van der Waals surface area contributed by atoms with Crippen molar-refractivity contribution in [3.05, 3.63) is 156 Å². The quantitative estimate of drug-likeness (QED) is 0.175. The molecular formula is C56H50N3OPtS2-. The summed E-state index contributed by atoms with van der Waals surface area (Å²) >= 11 is 3.63. The van der Waals surface area contributed by atoms with Crippen molar-refractivity contribution in [2.45, 2.75) is 78.6 Å². The van der Waals surface area contributed by atoms with Gasteiger partial charge in [0, 0.05) is 52.8 Å². The number of hydrogen-bond donors (Lipinski definition) is 1. The number of phenolic OH excluding ortho intramolecular Hbond substituents is 1. The minimum Gasteiger partial charge on any atom is -0.507 e. The van der Waals surface area contributed by atoms with E-state index in [4.69, 9.17) is 9.97 Å². The molecule has 0 unspecified atom stereocenters. The van der Waals surface area contributed by atoms with Gasteiger partial charge in [0.15, 0.2) is 0 Å². The van der Waals surface area contributed by atoms with Crippen molar-refractivity contribution < 1.29 is 26.2 Å². The molecule has 0 atom stereocenters. The molecule has 0 spiro atoms. The summed E-state index contributed by atoms with van der Waals surface area (Å²) < 4.78 is 5.91. The standard InChI is InChI=1S/C56H50N3OS2.Pt/c1-54(2,3)37-21-22-44(39(30-37)34-18-14-11-15-19-34)59-45-23-25-47-49(50(45)58-52(59)41-31-38(55(4,5)6)32-42(51(41)60)56(7,8)9)48-40-28-36(20-24-46(40)61-53(48)62-47)43-29-35(26-27-57-43)33-16-12-10-13-17-33;/h10-27,29-32,60H,1-9H3;/q-1;. The van der Waals surface area contributed by atoms with Gasteiger partial charge >= 0.3 is 0 Å². The van der Waals surface area contributed by atoms with Gasteiger partial charge in [0.25, 0.3) is 0 Å². The third-order valence-corrected chi connectivity index (χ3v) is 14.6. The molecule has 1 N–H and O–H groups in total. The van der Waals surface area contributed by atoms with E-state index in [-0.39, 0.29) is 43.1 Å². The Morgan fingerprint density at radius 3 is 1.92 bits per heavy atom. The summed E-state index contributed by atoms with van der Waals surface area (Å²) in [5.74, 6) is 0.985. The predicted molar refractivity (Wildman–Crippen MR) is 265 cm³/mol. The van der Waals surface area contributed by atoms with Crippen LogP contribution in [-0.2, 0) is 37.3 Å². The molecule has 0 aliphatic rings. The Balaban J connectivity index is 0.00000504. The van der Waals surface area contributed by atoms with Gasteiger partial charge in [-0.1, -0.05) is 152 Å². The molecule has 10 rings (SSSR count). The van der Waals surface area contributed by atoms with Crippen molar-refractivity contribution in [3.63, 3.8) is 0 Å². The van der Waals surface area contributed by atoms with Crippen LogP contribution >= 0.6 is 22.7 Å². The molecule has 4 nitrogen and oxygen atoms in total. The van der Waals surface area contributed by atoms with Gasteiger partial charge in [0.2, 0.25) is 0 Å². The van der Waals surface area contributed by atoms with Gasteiger partial charge in [0.1, 0.15) is 11.6 Å². The maximum atomic E-state index is 12.5. The minimum atomic E-state index is -0.314. The molecule has 0 saturated heterocycles. The molecule has 0 fully saturated rings. The largest absolute Gasteiger partial charge is 0.507 e. The zero-order valence-corrected chi connectivity index (χ0v) is 41.0. The molecule has 318 valence electrons. The summed E-state index contributed by atoms with van der Waals surface area (Å²) in [6.07, 6.45) is 1.89. The Morgan fingerprint density at radius 2 is 1.24 bits per heavy atom. The number of aromatic hydroxyl groups is 1. The first kappa shape index (κ1) is 42.9. The first-order valence-corrected chi connectivity index (χ1v) is 23.0. The Labute approximate surface area is 392 Å². The average Bonchev–Trinajstić information content (AvgIpc) is 3.92. The first-order chi connectivity index (χ1) is 29.5. The van der Waals surface area contributed by atoms with Crippen molar-refractivity contribution in [1.82, 2.24) is 14.5 Å². The normalized spacial score (nSPS) is 12.5. The van der Waals surface area contributed by atoms with Gasteiger partial charge in [-0.25, -0.2) is 4.98 Å². The van der Waals surface area contributed by atoms with E-state index in [0.29, 0.717) is 5.82 Å². The maximum Gasteiger partial charge on any atom is 0.149 e. The van der Waals surface area contributed by atoms with Crippen molar-refractivity contribution >= 4 is 63.3 Å². The SMILES string of the molecule is CC(C)(C)c1ccc(-n2c(-c3cc(C(C)(C)C)cc(C(C)(C)C)c3O)nc3c4c(ccc32)sc2sc3ccc(-c5cc(-c6ccccc6)ccn5)[c-]c3c24)c(-c2ccccc2)c1.[Pt]. The second kappa shape index (κ2) is 15.7. The van der Waals surface area contributed by atoms with Crippen molar-refractivity contribution in [2.75, 3.05) is 0 Å². The zero-order chi connectivity index (χ0) is 43.3. The molecule has 4 aromatic heterocycles. The van der Waals surface area contributed by atoms with E-state index < -0.39 is 0 Å². The van der Waals surface area contributed by atoms with Crippen LogP contribution in [0.3, 0.4) is 0 Å². The number of benzene rings is 6. The molecule has 0 saturated carbocycles. The van der Waals surface area contributed by atoms with Crippen LogP contribution in [0.4, 0.5) is 0 Å². The van der Waals surface area contributed by atoms with Crippen LogP contribution in [0.5, 0.6) is 5.75 Å². The Hall–Kier alpha value is -5.39. The van der Waals surface area contributed by atoms with Gasteiger partial charge < -0.3 is 5.11 Å². The minimum absolute atomic E-state index is 0. The molecule has 0 aliphatic carbocycles. The molecule has 6 aromatic carbocycles. The summed E-state index contributed by atoms with van der Waals surface area (Å²) in [6, 6.07) is 49.3. The summed E-state index contributed by atoms with van der Waals surface area (Å²) in [6.45, 7) is 20.0. The van der Waals surface area contributed by atoms with Crippen LogP contribution in [0.2, 0.25) is 0 Å². The number of fused-ring (bicyclic) bond motifs is 7. The molecule has 4 heterocycles. The van der Waals surface area contributed by atoms with E-state index in [1.807, 2.05) is 34.9 Å². The number of thiophene rings is 2. The number of rotatable bonds is 5. The fraction of sp³-hybridized carbons (Fsp3) is 0.214. The molecular weight excluding hydrogens is 990 g/mol. The predicted octanol–water partition coefficient (Wildman–Crippen LogP) is 16.1. The van der Waals surface area contributed by atoms with Crippen LogP contribution in [-0.4, -0.2) is 19.6 Å². The Morgan fingerprint density at radius 1 is 0.587 bits per heavy atom. The Bertz CT molecular complexity index is 3360. The maximum absolute atomic E-state index is 12.5. The van der Waals surface area contributed by atoms with E-state index in [9.17, 15) is 5.11 Å². The number of hydrogen-bond acceptors (Lipinski definition) is 5. The molecule has 7 heteroatoms. The van der Waals surface area contributed by atoms with Gasteiger partial charge in [0.05, 0.1) is 22.3 Å². The Kier molecular flexibility index (Phi) is 10.7. The number of aromatic nitrogens is 3. The van der Waals surface area contributed by atoms with Crippen molar-refractivity contribution in [1.29, 1.82) is 0 Å². The number of nitrogens with zero attached hydrogens (tertiary/aromatic N) is 3. The zero-order valence-electron chi connectivity index (χ0n) is 37.1. The average molecular weight is 1040 g/mol. The van der Waals surface area contributed by atoms with E-state index in [1.54, 1.807) is 0 Å². The van der Waals surface area contributed by atoms with Crippen LogP contribution in [0.1, 0.15) is 79.0 Å². The third kappa shape index (κ3) is 7.54. The second-order valence-electron chi connectivity index (χ2n) is 19.6. The molecule has 0 aliphatic heterocycles. The van der Waals surface area contributed by atoms with Crippen molar-refractivity contribution in [2.24, 2.45) is 0 Å². The van der Waals surface area contributed by atoms with Crippen molar-refractivity contribution in [3.8, 4) is 56.3 Å². The van der Waals surface area contributed by atoms with Crippen LogP contribution in [0, 0.1) is 6.07 Å². The molecule has 63 heavy (non-hydrogen) atoms. The second-order valence-corrected chi connectivity index (χ2v) is 22.0. The van der Waals surface area contributed by atoms with Gasteiger partial charge in [-0.3, -0.25) is 9.55 Å². The first-order valence-electron chi connectivity index (χ1n) is 21.4. The third-order valence-electron chi connectivity index (χ3n) is 12.2. The summed E-state index contributed by atoms with van der Waals surface area (Å²) in [5, 5.41) is 15.9. The fourth-order valence-electron chi connectivity index (χ4n) is 8.67. The van der Waals surface area contributed by atoms with Gasteiger partial charge in [-0.15, -0.1) is 29.5 Å². The topological polar surface area (TPSA) is 50.9 Å². The summed E-state index contributed by atoms with van der Waals surface area (Å²) in [7, 11) is 0.